The minimum Gasteiger partial charge on any atom is -0.394 e. The van der Waals surface area contributed by atoms with Crippen LogP contribution in [0.4, 0.5) is 0 Å². The van der Waals surface area contributed by atoms with Crippen molar-refractivity contribution in [2.24, 2.45) is 0 Å². The number of ether oxygens (including phenoxy) is 4. The van der Waals surface area contributed by atoms with Gasteiger partial charge in [-0.25, -0.2) is 0 Å². The number of hydrogen-bond donors (Lipinski definition) is 9. The molecule has 2 rings (SSSR count). The first-order chi connectivity index (χ1) is 38.6. The fraction of sp³-hybridized carbons (Fsp3) is 0.954. The predicted octanol–water partition coefficient (Wildman–Crippen LogP) is 12.6. The zero-order chi connectivity index (χ0) is 57.4. The molecule has 468 valence electrons. The zero-order valence-electron chi connectivity index (χ0n) is 50.6. The van der Waals surface area contributed by atoms with E-state index in [9.17, 15) is 45.6 Å². The topological polar surface area (TPSA) is 228 Å². The molecule has 0 radical (unpaired) electrons. The van der Waals surface area contributed by atoms with E-state index >= 15 is 0 Å². The van der Waals surface area contributed by atoms with Gasteiger partial charge in [0.1, 0.15) is 48.8 Å². The lowest BCUT2D eigenvalue weighted by Crippen LogP contribution is -2.65. The number of rotatable bonds is 55. The van der Waals surface area contributed by atoms with Crippen molar-refractivity contribution in [3.63, 3.8) is 0 Å². The standard InChI is InChI=1S/C65H125NO13/c1-3-5-7-9-10-11-12-13-14-15-16-17-18-19-20-21-22-23-24-25-26-27-28-29-30-31-32-33-34-35-36-37-38-39-40-41-42-43-45-47-49-57(70)66-53(54(69)48-46-44-8-6-4-2)52-76-64-62(75)60(73)63(56(51-68)78-64)79-65-61(74)59(72)58(71)55(50-67)77-65/h46,48,53-56,58-65,67-69,71-75H,3-45,47,49-52H2,1-2H3,(H,66,70)/b48-46+. The Hall–Kier alpha value is -1.27. The van der Waals surface area contributed by atoms with Gasteiger partial charge in [0.15, 0.2) is 12.6 Å². The molecule has 0 aromatic heterocycles. The molecule has 2 fully saturated rings. The Morgan fingerprint density at radius 3 is 1.16 bits per heavy atom. The number of nitrogens with one attached hydrogen (secondary N) is 1. The van der Waals surface area contributed by atoms with Crippen molar-refractivity contribution in [2.45, 2.75) is 376 Å². The number of allylic oxidation sites excluding steroid dienone is 1. The van der Waals surface area contributed by atoms with Gasteiger partial charge in [-0.1, -0.05) is 289 Å². The monoisotopic (exact) mass is 1130 g/mol. The number of aliphatic hydroxyl groups excluding tert-OH is 8. The summed E-state index contributed by atoms with van der Waals surface area (Å²) in [5.41, 5.74) is 0. The Balaban J connectivity index is 1.43. The van der Waals surface area contributed by atoms with Crippen LogP contribution in [-0.4, -0.2) is 140 Å². The highest BCUT2D eigenvalue weighted by atomic mass is 16.7. The molecule has 0 saturated carbocycles. The van der Waals surface area contributed by atoms with E-state index in [1.165, 1.54) is 231 Å². The van der Waals surface area contributed by atoms with E-state index in [1.807, 2.05) is 6.08 Å². The summed E-state index contributed by atoms with van der Waals surface area (Å²) in [4.78, 5) is 13.1. The van der Waals surface area contributed by atoms with Gasteiger partial charge < -0.3 is 65.1 Å². The van der Waals surface area contributed by atoms with E-state index in [4.69, 9.17) is 18.9 Å². The highest BCUT2D eigenvalue weighted by Gasteiger charge is 2.51. The molecule has 2 heterocycles. The predicted molar refractivity (Wildman–Crippen MR) is 319 cm³/mol. The van der Waals surface area contributed by atoms with Crippen molar-refractivity contribution < 1.29 is 64.6 Å². The highest BCUT2D eigenvalue weighted by molar-refractivity contribution is 5.76. The molecule has 14 heteroatoms. The number of hydrogen-bond acceptors (Lipinski definition) is 13. The van der Waals surface area contributed by atoms with E-state index in [-0.39, 0.29) is 18.9 Å². The average Bonchev–Trinajstić information content (AvgIpc) is 3.45. The van der Waals surface area contributed by atoms with Crippen molar-refractivity contribution in [3.05, 3.63) is 12.2 Å². The second-order valence-corrected chi connectivity index (χ2v) is 24.0. The molecule has 0 aromatic rings. The largest absolute Gasteiger partial charge is 0.394 e. The van der Waals surface area contributed by atoms with E-state index < -0.39 is 86.8 Å². The molecule has 0 aromatic carbocycles. The molecule has 2 saturated heterocycles. The van der Waals surface area contributed by atoms with Crippen LogP contribution in [0.3, 0.4) is 0 Å². The van der Waals surface area contributed by atoms with Crippen LogP contribution in [0.1, 0.15) is 303 Å². The lowest BCUT2D eigenvalue weighted by atomic mass is 9.97. The SMILES string of the molecule is CCCCC/C=C/C(O)C(COC1OC(CO)C(OC2OC(CO)C(O)C(O)C2O)C(O)C1O)NC(=O)CCCCCCCCCCCCCCCCCCCCCCCCCCCCCCCCCCCCCCCCCC. The molecular formula is C65H125NO13. The van der Waals surface area contributed by atoms with Gasteiger partial charge >= 0.3 is 0 Å². The molecule has 0 bridgehead atoms. The molecule has 1 amide bonds. The lowest BCUT2D eigenvalue weighted by molar-refractivity contribution is -0.359. The van der Waals surface area contributed by atoms with Gasteiger partial charge in [0, 0.05) is 6.42 Å². The molecule has 12 atom stereocenters. The van der Waals surface area contributed by atoms with Crippen LogP contribution in [0, 0.1) is 0 Å². The van der Waals surface area contributed by atoms with E-state index in [0.717, 1.165) is 44.9 Å². The summed E-state index contributed by atoms with van der Waals surface area (Å²) in [5.74, 6) is -0.241. The van der Waals surface area contributed by atoms with Crippen LogP contribution < -0.4 is 5.32 Å². The van der Waals surface area contributed by atoms with Gasteiger partial charge in [-0.2, -0.15) is 0 Å². The minimum absolute atomic E-state index is 0.241. The molecule has 2 aliphatic rings. The summed E-state index contributed by atoms with van der Waals surface area (Å²) in [5, 5.41) is 86.4. The fourth-order valence-electron chi connectivity index (χ4n) is 11.4. The fourth-order valence-corrected chi connectivity index (χ4v) is 11.4. The van der Waals surface area contributed by atoms with Gasteiger partial charge in [0.25, 0.3) is 0 Å². The summed E-state index contributed by atoms with van der Waals surface area (Å²) in [6.45, 7) is 2.70. The number of carbonyl (C=O) groups is 1. The average molecular weight is 1130 g/mol. The van der Waals surface area contributed by atoms with Crippen LogP contribution in [0.15, 0.2) is 12.2 Å². The Morgan fingerprint density at radius 2 is 0.785 bits per heavy atom. The van der Waals surface area contributed by atoms with E-state index in [1.54, 1.807) is 6.08 Å². The first-order valence-corrected chi connectivity index (χ1v) is 33.4. The lowest BCUT2D eigenvalue weighted by Gasteiger charge is -2.46. The van der Waals surface area contributed by atoms with Crippen molar-refractivity contribution in [2.75, 3.05) is 19.8 Å². The summed E-state index contributed by atoms with van der Waals surface area (Å²) >= 11 is 0. The molecule has 79 heavy (non-hydrogen) atoms. The third-order valence-corrected chi connectivity index (χ3v) is 16.7. The van der Waals surface area contributed by atoms with Gasteiger partial charge in [0.2, 0.25) is 5.91 Å². The first-order valence-electron chi connectivity index (χ1n) is 33.4. The molecule has 14 nitrogen and oxygen atoms in total. The van der Waals surface area contributed by atoms with Gasteiger partial charge in [-0.3, -0.25) is 4.79 Å². The van der Waals surface area contributed by atoms with Gasteiger partial charge in [-0.15, -0.1) is 0 Å². The van der Waals surface area contributed by atoms with Crippen molar-refractivity contribution in [1.82, 2.24) is 5.32 Å². The number of unbranched alkanes of at least 4 members (excludes halogenated alkanes) is 42. The summed E-state index contributed by atoms with van der Waals surface area (Å²) < 4.78 is 22.6. The Bertz CT molecular complexity index is 1380. The maximum Gasteiger partial charge on any atom is 0.220 e. The molecule has 2 aliphatic heterocycles. The normalized spacial score (nSPS) is 24.4. The Kier molecular flexibility index (Phi) is 47.8. The zero-order valence-corrected chi connectivity index (χ0v) is 50.6. The summed E-state index contributed by atoms with van der Waals surface area (Å²) in [7, 11) is 0. The highest BCUT2D eigenvalue weighted by Crippen LogP contribution is 2.30. The smallest absolute Gasteiger partial charge is 0.220 e. The number of carbonyl (C=O) groups excluding carboxylic acids is 1. The maximum absolute atomic E-state index is 13.1. The molecule has 9 N–H and O–H groups in total. The second kappa shape index (κ2) is 51.2. The van der Waals surface area contributed by atoms with Crippen LogP contribution in [-0.2, 0) is 23.7 Å². The third kappa shape index (κ3) is 36.2. The van der Waals surface area contributed by atoms with E-state index in [2.05, 4.69) is 19.2 Å². The van der Waals surface area contributed by atoms with Crippen LogP contribution in [0.25, 0.3) is 0 Å². The first kappa shape index (κ1) is 73.8. The molecular weight excluding hydrogens is 1000 g/mol. The molecule has 0 aliphatic carbocycles. The van der Waals surface area contributed by atoms with Crippen molar-refractivity contribution >= 4 is 5.91 Å². The quantitative estimate of drug-likeness (QED) is 0.0204. The third-order valence-electron chi connectivity index (χ3n) is 16.7. The number of amides is 1. The summed E-state index contributed by atoms with van der Waals surface area (Å²) in [6.07, 6.45) is 45.4. The van der Waals surface area contributed by atoms with Gasteiger partial charge in [0.05, 0.1) is 32.0 Å². The van der Waals surface area contributed by atoms with Gasteiger partial charge in [-0.05, 0) is 19.3 Å². The maximum atomic E-state index is 13.1. The Morgan fingerprint density at radius 1 is 0.443 bits per heavy atom. The van der Waals surface area contributed by atoms with Crippen LogP contribution >= 0.6 is 0 Å². The minimum atomic E-state index is -1.78. The number of aliphatic hydroxyl groups is 8. The molecule has 0 spiro atoms. The van der Waals surface area contributed by atoms with E-state index in [0.29, 0.717) is 6.42 Å². The summed E-state index contributed by atoms with van der Waals surface area (Å²) in [6, 6.07) is -0.906. The van der Waals surface area contributed by atoms with Crippen molar-refractivity contribution in [1.29, 1.82) is 0 Å². The second-order valence-electron chi connectivity index (χ2n) is 24.0. The van der Waals surface area contributed by atoms with Crippen LogP contribution in [0.5, 0.6) is 0 Å². The van der Waals surface area contributed by atoms with Crippen molar-refractivity contribution in [3.8, 4) is 0 Å². The molecule has 12 unspecified atom stereocenters. The Labute approximate surface area is 482 Å². The van der Waals surface area contributed by atoms with Crippen LogP contribution in [0.2, 0.25) is 0 Å².